The van der Waals surface area contributed by atoms with Crippen LogP contribution in [0.25, 0.3) is 0 Å². The van der Waals surface area contributed by atoms with Gasteiger partial charge in [-0.2, -0.15) is 0 Å². The summed E-state index contributed by atoms with van der Waals surface area (Å²) < 4.78 is 5.62. The number of hydrogen-bond acceptors (Lipinski definition) is 3. The van der Waals surface area contributed by atoms with Crippen LogP contribution in [0.3, 0.4) is 0 Å². The van der Waals surface area contributed by atoms with Crippen LogP contribution in [-0.4, -0.2) is 23.7 Å². The van der Waals surface area contributed by atoms with Crippen LogP contribution >= 0.6 is 0 Å². The third kappa shape index (κ3) is 3.97. The van der Waals surface area contributed by atoms with Crippen molar-refractivity contribution in [2.24, 2.45) is 0 Å². The second-order valence-electron chi connectivity index (χ2n) is 5.61. The smallest absolute Gasteiger partial charge is 0.344 e. The Morgan fingerprint density at radius 2 is 2.29 bits per heavy atom. The molecule has 1 aliphatic carbocycles. The van der Waals surface area contributed by atoms with Crippen LogP contribution in [0, 0.1) is 0 Å². The quantitative estimate of drug-likeness (QED) is 0.809. The van der Waals surface area contributed by atoms with Crippen LogP contribution in [-0.2, 0) is 11.2 Å². The van der Waals surface area contributed by atoms with E-state index in [4.69, 9.17) is 9.84 Å². The maximum absolute atomic E-state index is 11.1. The van der Waals surface area contributed by atoms with Gasteiger partial charge in [0.05, 0.1) is 0 Å². The summed E-state index contributed by atoms with van der Waals surface area (Å²) in [6.07, 6.45) is 4.22. The van der Waals surface area contributed by atoms with E-state index in [-0.39, 0.29) is 0 Å². The molecule has 116 valence electrons. The van der Waals surface area contributed by atoms with E-state index >= 15 is 0 Å². The van der Waals surface area contributed by atoms with E-state index in [0.717, 1.165) is 25.8 Å². The highest BCUT2D eigenvalue weighted by atomic mass is 16.5. The fourth-order valence-electron chi connectivity index (χ4n) is 2.85. The molecule has 0 bridgehead atoms. The van der Waals surface area contributed by atoms with E-state index in [9.17, 15) is 4.79 Å². The molecule has 0 saturated carbocycles. The van der Waals surface area contributed by atoms with Gasteiger partial charge in [-0.05, 0) is 61.9 Å². The third-order valence-electron chi connectivity index (χ3n) is 4.00. The van der Waals surface area contributed by atoms with Crippen molar-refractivity contribution in [3.8, 4) is 5.75 Å². The van der Waals surface area contributed by atoms with E-state index in [0.29, 0.717) is 18.2 Å². The van der Waals surface area contributed by atoms with Crippen LogP contribution in [0.1, 0.15) is 56.7 Å². The molecule has 4 heteroatoms. The Labute approximate surface area is 126 Å². The topological polar surface area (TPSA) is 58.6 Å². The number of aliphatic carboxylic acids is 1. The van der Waals surface area contributed by atoms with Crippen molar-refractivity contribution in [3.05, 3.63) is 29.3 Å². The highest BCUT2D eigenvalue weighted by Crippen LogP contribution is 2.32. The molecule has 0 fully saturated rings. The number of ether oxygens (including phenoxy) is 1. The first-order chi connectivity index (χ1) is 10.2. The molecular weight excluding hydrogens is 266 g/mol. The lowest BCUT2D eigenvalue weighted by Crippen LogP contribution is -2.27. The summed E-state index contributed by atoms with van der Waals surface area (Å²) in [6, 6.07) is 6.36. The first-order valence-electron chi connectivity index (χ1n) is 7.91. The normalized spacial score (nSPS) is 18.9. The Hall–Kier alpha value is -1.55. The van der Waals surface area contributed by atoms with Gasteiger partial charge in [0.1, 0.15) is 5.75 Å². The number of nitrogens with one attached hydrogen (secondary N) is 1. The fourth-order valence-corrected chi connectivity index (χ4v) is 2.85. The molecule has 2 atom stereocenters. The zero-order valence-corrected chi connectivity index (χ0v) is 12.9. The van der Waals surface area contributed by atoms with E-state index in [1.54, 1.807) is 0 Å². The molecule has 0 spiro atoms. The molecule has 21 heavy (non-hydrogen) atoms. The van der Waals surface area contributed by atoms with Crippen LogP contribution in [0.5, 0.6) is 5.75 Å². The van der Waals surface area contributed by atoms with Crippen LogP contribution in [0.4, 0.5) is 0 Å². The van der Waals surface area contributed by atoms with Crippen molar-refractivity contribution in [1.29, 1.82) is 0 Å². The largest absolute Gasteiger partial charge is 0.479 e. The Morgan fingerprint density at radius 3 is 2.95 bits per heavy atom. The van der Waals surface area contributed by atoms with Gasteiger partial charge in [-0.25, -0.2) is 4.79 Å². The second kappa shape index (κ2) is 7.46. The lowest BCUT2D eigenvalue weighted by atomic mass is 9.87. The summed E-state index contributed by atoms with van der Waals surface area (Å²) in [6.45, 7) is 4.99. The van der Waals surface area contributed by atoms with Crippen molar-refractivity contribution in [3.63, 3.8) is 0 Å². The molecule has 1 aromatic rings. The van der Waals surface area contributed by atoms with E-state index in [1.165, 1.54) is 17.5 Å². The number of carbonyl (C=O) groups is 1. The number of hydrogen-bond donors (Lipinski definition) is 2. The zero-order valence-electron chi connectivity index (χ0n) is 12.9. The molecule has 2 rings (SSSR count). The van der Waals surface area contributed by atoms with Gasteiger partial charge in [0.2, 0.25) is 0 Å². The van der Waals surface area contributed by atoms with Crippen molar-refractivity contribution in [2.75, 3.05) is 6.54 Å². The third-order valence-corrected chi connectivity index (χ3v) is 4.00. The van der Waals surface area contributed by atoms with Gasteiger partial charge < -0.3 is 15.2 Å². The van der Waals surface area contributed by atoms with Gasteiger partial charge in [-0.1, -0.05) is 19.9 Å². The monoisotopic (exact) mass is 291 g/mol. The molecule has 4 nitrogen and oxygen atoms in total. The average Bonchev–Trinajstić information content (AvgIpc) is 2.50. The minimum absolute atomic E-state index is 0.363. The van der Waals surface area contributed by atoms with Crippen molar-refractivity contribution in [2.45, 2.75) is 58.1 Å². The molecule has 1 aromatic carbocycles. The van der Waals surface area contributed by atoms with Crippen molar-refractivity contribution < 1.29 is 14.6 Å². The zero-order chi connectivity index (χ0) is 15.2. The molecule has 2 unspecified atom stereocenters. The van der Waals surface area contributed by atoms with Gasteiger partial charge in [0, 0.05) is 6.04 Å². The Bertz CT molecular complexity index is 487. The van der Waals surface area contributed by atoms with Gasteiger partial charge in [0.25, 0.3) is 0 Å². The first kappa shape index (κ1) is 15.8. The summed E-state index contributed by atoms with van der Waals surface area (Å²) in [5.74, 6) is -0.246. The molecule has 1 aliphatic rings. The van der Waals surface area contributed by atoms with Crippen LogP contribution in [0.2, 0.25) is 0 Å². The van der Waals surface area contributed by atoms with Gasteiger partial charge in [-0.3, -0.25) is 0 Å². The van der Waals surface area contributed by atoms with Gasteiger partial charge in [-0.15, -0.1) is 0 Å². The number of fused-ring (bicyclic) bond motifs is 1. The van der Waals surface area contributed by atoms with E-state index in [2.05, 4.69) is 18.3 Å². The van der Waals surface area contributed by atoms with Gasteiger partial charge in [0.15, 0.2) is 6.10 Å². The first-order valence-corrected chi connectivity index (χ1v) is 7.91. The van der Waals surface area contributed by atoms with Crippen molar-refractivity contribution in [1.82, 2.24) is 5.32 Å². The predicted molar refractivity (Wildman–Crippen MR) is 82.8 cm³/mol. The summed E-state index contributed by atoms with van der Waals surface area (Å²) >= 11 is 0. The number of carboxylic acid groups (broad SMARTS) is 1. The van der Waals surface area contributed by atoms with Crippen LogP contribution < -0.4 is 10.1 Å². The number of carboxylic acids is 1. The molecule has 0 amide bonds. The second-order valence-corrected chi connectivity index (χ2v) is 5.61. The summed E-state index contributed by atoms with van der Waals surface area (Å²) in [4.78, 5) is 11.1. The SMILES string of the molecule is CCCNC1CCCc2ccc(OC(CC)C(=O)O)cc21. The highest BCUT2D eigenvalue weighted by molar-refractivity contribution is 5.72. The minimum atomic E-state index is -0.907. The average molecular weight is 291 g/mol. The lowest BCUT2D eigenvalue weighted by molar-refractivity contribution is -0.145. The molecule has 0 aliphatic heterocycles. The maximum atomic E-state index is 11.1. The molecule has 2 N–H and O–H groups in total. The Kier molecular flexibility index (Phi) is 5.62. The maximum Gasteiger partial charge on any atom is 0.344 e. The summed E-state index contributed by atoms with van der Waals surface area (Å²) in [5.41, 5.74) is 2.62. The number of aryl methyl sites for hydroxylation is 1. The van der Waals surface area contributed by atoms with E-state index in [1.807, 2.05) is 19.1 Å². The minimum Gasteiger partial charge on any atom is -0.479 e. The molecule has 0 aromatic heterocycles. The molecule has 0 saturated heterocycles. The highest BCUT2D eigenvalue weighted by Gasteiger charge is 2.22. The summed E-state index contributed by atoms with van der Waals surface area (Å²) in [5, 5.41) is 12.7. The summed E-state index contributed by atoms with van der Waals surface area (Å²) in [7, 11) is 0. The molecular formula is C17H25NO3. The number of rotatable bonds is 7. The van der Waals surface area contributed by atoms with Crippen molar-refractivity contribution >= 4 is 5.97 Å². The lowest BCUT2D eigenvalue weighted by Gasteiger charge is -2.27. The molecule has 0 heterocycles. The van der Waals surface area contributed by atoms with E-state index < -0.39 is 12.1 Å². The number of benzene rings is 1. The molecule has 0 radical (unpaired) electrons. The van der Waals surface area contributed by atoms with Gasteiger partial charge >= 0.3 is 5.97 Å². The Morgan fingerprint density at radius 1 is 1.48 bits per heavy atom. The Balaban J connectivity index is 2.17. The predicted octanol–water partition coefficient (Wildman–Crippen LogP) is 3.31. The standard InChI is InChI=1S/C17H25NO3/c1-3-10-18-15-7-5-6-12-8-9-13(11-14(12)15)21-16(4-2)17(19)20/h8-9,11,15-16,18H,3-7,10H2,1-2H3,(H,19,20). The fraction of sp³-hybridized carbons (Fsp3) is 0.588. The van der Waals surface area contributed by atoms with Crippen LogP contribution in [0.15, 0.2) is 18.2 Å².